The Morgan fingerprint density at radius 3 is 2.41 bits per heavy atom. The van der Waals surface area contributed by atoms with Crippen LogP contribution in [0.25, 0.3) is 0 Å². The Kier molecular flexibility index (Phi) is 6.29. The zero-order valence-corrected chi connectivity index (χ0v) is 16.9. The molecular formula is C21H32N6. The fourth-order valence-corrected chi connectivity index (χ4v) is 3.71. The van der Waals surface area contributed by atoms with E-state index in [2.05, 4.69) is 70.4 Å². The number of benzene rings is 1. The molecule has 1 aromatic carbocycles. The number of rotatable bonds is 6. The average molecular weight is 369 g/mol. The highest BCUT2D eigenvalue weighted by atomic mass is 15.2. The maximum absolute atomic E-state index is 5.80. The van der Waals surface area contributed by atoms with Crippen molar-refractivity contribution in [2.45, 2.75) is 38.8 Å². The minimum atomic E-state index is 0.358. The quantitative estimate of drug-likeness (QED) is 0.817. The summed E-state index contributed by atoms with van der Waals surface area (Å²) in [6, 6.07) is 11.8. The number of nitrogens with zero attached hydrogens (tertiary/aromatic N) is 4. The number of likely N-dealkylation sites (N-methyl/N-ethyl adjacent to an activating group) is 1. The van der Waals surface area contributed by atoms with Gasteiger partial charge < -0.3 is 20.9 Å². The number of nitrogen functional groups attached to an aromatic ring is 1. The van der Waals surface area contributed by atoms with Crippen LogP contribution in [-0.2, 0) is 0 Å². The van der Waals surface area contributed by atoms with E-state index in [1.165, 1.54) is 11.1 Å². The van der Waals surface area contributed by atoms with Crippen molar-refractivity contribution in [3.63, 3.8) is 0 Å². The molecule has 1 saturated heterocycles. The zero-order chi connectivity index (χ0) is 19.4. The molecule has 0 bridgehead atoms. The van der Waals surface area contributed by atoms with Crippen LogP contribution in [0.5, 0.6) is 0 Å². The van der Waals surface area contributed by atoms with Gasteiger partial charge >= 0.3 is 0 Å². The van der Waals surface area contributed by atoms with Crippen LogP contribution < -0.4 is 16.0 Å². The lowest BCUT2D eigenvalue weighted by Crippen LogP contribution is -2.45. The van der Waals surface area contributed by atoms with Gasteiger partial charge in [0.05, 0.1) is 0 Å². The fourth-order valence-electron chi connectivity index (χ4n) is 3.71. The summed E-state index contributed by atoms with van der Waals surface area (Å²) in [7, 11) is 4.30. The highest BCUT2D eigenvalue weighted by Gasteiger charge is 2.22. The van der Waals surface area contributed by atoms with Gasteiger partial charge in [-0.1, -0.05) is 29.8 Å². The van der Waals surface area contributed by atoms with Crippen molar-refractivity contribution in [2.75, 3.05) is 44.4 Å². The monoisotopic (exact) mass is 368 g/mol. The van der Waals surface area contributed by atoms with E-state index >= 15 is 0 Å². The zero-order valence-electron chi connectivity index (χ0n) is 16.9. The third kappa shape index (κ3) is 5.17. The van der Waals surface area contributed by atoms with Gasteiger partial charge in [0.25, 0.3) is 0 Å². The van der Waals surface area contributed by atoms with E-state index in [0.717, 1.165) is 44.0 Å². The van der Waals surface area contributed by atoms with E-state index in [1.807, 2.05) is 13.0 Å². The molecule has 1 aliphatic heterocycles. The summed E-state index contributed by atoms with van der Waals surface area (Å²) in [5.41, 5.74) is 9.39. The molecule has 6 heteroatoms. The van der Waals surface area contributed by atoms with Gasteiger partial charge in [-0.15, -0.1) is 0 Å². The predicted octanol–water partition coefficient (Wildman–Crippen LogP) is 2.54. The largest absolute Gasteiger partial charge is 0.368 e. The van der Waals surface area contributed by atoms with Gasteiger partial charge in [-0.2, -0.15) is 4.98 Å². The van der Waals surface area contributed by atoms with Crippen molar-refractivity contribution >= 4 is 11.8 Å². The summed E-state index contributed by atoms with van der Waals surface area (Å²) in [6.45, 7) is 7.03. The van der Waals surface area contributed by atoms with E-state index in [-0.39, 0.29) is 0 Å². The van der Waals surface area contributed by atoms with Crippen molar-refractivity contribution in [1.82, 2.24) is 20.2 Å². The number of hydrogen-bond acceptors (Lipinski definition) is 6. The minimum Gasteiger partial charge on any atom is -0.368 e. The van der Waals surface area contributed by atoms with Crippen LogP contribution in [0.2, 0.25) is 0 Å². The molecule has 1 atom stereocenters. The summed E-state index contributed by atoms with van der Waals surface area (Å²) >= 11 is 0. The normalized spacial score (nSPS) is 16.7. The summed E-state index contributed by atoms with van der Waals surface area (Å²) in [5, 5.41) is 3.79. The Hall–Kier alpha value is -2.18. The van der Waals surface area contributed by atoms with Crippen LogP contribution in [0.4, 0.5) is 11.8 Å². The standard InChI is InChI=1S/C21H32N6/c1-15-5-7-17(8-6-15)19(26(3)4)14-23-18-9-11-27(12-10-18)20-13-16(2)24-21(22)25-20/h5-8,13,18-19,23H,9-12,14H2,1-4H3,(H2,22,24,25). The van der Waals surface area contributed by atoms with E-state index in [9.17, 15) is 0 Å². The van der Waals surface area contributed by atoms with Crippen LogP contribution in [0.1, 0.15) is 35.7 Å². The van der Waals surface area contributed by atoms with Gasteiger partial charge in [0, 0.05) is 43.5 Å². The van der Waals surface area contributed by atoms with Crippen molar-refractivity contribution in [3.8, 4) is 0 Å². The third-order valence-corrected chi connectivity index (χ3v) is 5.36. The molecule has 146 valence electrons. The van der Waals surface area contributed by atoms with E-state index < -0.39 is 0 Å². The van der Waals surface area contributed by atoms with Gasteiger partial charge in [0.2, 0.25) is 5.95 Å². The first-order chi connectivity index (χ1) is 12.9. The lowest BCUT2D eigenvalue weighted by atomic mass is 10.0. The molecule has 1 unspecified atom stereocenters. The first-order valence-electron chi connectivity index (χ1n) is 9.75. The summed E-state index contributed by atoms with van der Waals surface area (Å²) in [4.78, 5) is 13.2. The first-order valence-corrected chi connectivity index (χ1v) is 9.75. The molecule has 0 radical (unpaired) electrons. The number of aryl methyl sites for hydroxylation is 2. The second-order valence-electron chi connectivity index (χ2n) is 7.79. The number of anilines is 2. The minimum absolute atomic E-state index is 0.358. The molecule has 1 aliphatic rings. The van der Waals surface area contributed by atoms with Crippen molar-refractivity contribution in [2.24, 2.45) is 0 Å². The number of aromatic nitrogens is 2. The van der Waals surface area contributed by atoms with Crippen LogP contribution in [0.3, 0.4) is 0 Å². The second-order valence-corrected chi connectivity index (χ2v) is 7.79. The molecule has 2 aromatic rings. The Morgan fingerprint density at radius 2 is 1.81 bits per heavy atom. The fraction of sp³-hybridized carbons (Fsp3) is 0.524. The SMILES string of the molecule is Cc1ccc(C(CNC2CCN(c3cc(C)nc(N)n3)CC2)N(C)C)cc1. The molecule has 1 aromatic heterocycles. The topological polar surface area (TPSA) is 70.3 Å². The molecule has 0 spiro atoms. The first kappa shape index (κ1) is 19.6. The summed E-state index contributed by atoms with van der Waals surface area (Å²) in [6.07, 6.45) is 2.22. The Labute approximate surface area is 162 Å². The molecule has 27 heavy (non-hydrogen) atoms. The lowest BCUT2D eigenvalue weighted by Gasteiger charge is -2.35. The number of nitrogens with two attached hydrogens (primary N) is 1. The molecular weight excluding hydrogens is 336 g/mol. The van der Waals surface area contributed by atoms with Gasteiger partial charge in [-0.05, 0) is 46.3 Å². The molecule has 0 aliphatic carbocycles. The average Bonchev–Trinajstić information content (AvgIpc) is 2.63. The second kappa shape index (κ2) is 8.67. The van der Waals surface area contributed by atoms with E-state index in [1.54, 1.807) is 0 Å². The van der Waals surface area contributed by atoms with Gasteiger partial charge in [-0.3, -0.25) is 0 Å². The number of nitrogens with one attached hydrogen (secondary N) is 1. The number of piperidine rings is 1. The van der Waals surface area contributed by atoms with Crippen molar-refractivity contribution < 1.29 is 0 Å². The highest BCUT2D eigenvalue weighted by molar-refractivity contribution is 5.43. The van der Waals surface area contributed by atoms with Gasteiger partial charge in [0.15, 0.2) is 0 Å². The lowest BCUT2D eigenvalue weighted by molar-refractivity contribution is 0.271. The maximum Gasteiger partial charge on any atom is 0.222 e. The molecule has 6 nitrogen and oxygen atoms in total. The molecule has 3 rings (SSSR count). The highest BCUT2D eigenvalue weighted by Crippen LogP contribution is 2.21. The van der Waals surface area contributed by atoms with Crippen LogP contribution >= 0.6 is 0 Å². The maximum atomic E-state index is 5.80. The summed E-state index contributed by atoms with van der Waals surface area (Å²) < 4.78 is 0. The molecule has 1 fully saturated rings. The smallest absolute Gasteiger partial charge is 0.222 e. The van der Waals surface area contributed by atoms with Crippen molar-refractivity contribution in [3.05, 3.63) is 47.2 Å². The molecule has 3 N–H and O–H groups in total. The third-order valence-electron chi connectivity index (χ3n) is 5.36. The summed E-state index contributed by atoms with van der Waals surface area (Å²) in [5.74, 6) is 1.31. The Morgan fingerprint density at radius 1 is 1.15 bits per heavy atom. The van der Waals surface area contributed by atoms with Crippen LogP contribution in [0, 0.1) is 13.8 Å². The molecule has 0 saturated carbocycles. The Balaban J connectivity index is 1.54. The van der Waals surface area contributed by atoms with Gasteiger partial charge in [-0.25, -0.2) is 4.98 Å². The van der Waals surface area contributed by atoms with Gasteiger partial charge in [0.1, 0.15) is 5.82 Å². The van der Waals surface area contributed by atoms with E-state index in [0.29, 0.717) is 18.0 Å². The molecule has 0 amide bonds. The molecule has 2 heterocycles. The van der Waals surface area contributed by atoms with Crippen LogP contribution in [0.15, 0.2) is 30.3 Å². The van der Waals surface area contributed by atoms with Crippen molar-refractivity contribution in [1.29, 1.82) is 0 Å². The van der Waals surface area contributed by atoms with E-state index in [4.69, 9.17) is 5.73 Å². The number of hydrogen-bond donors (Lipinski definition) is 2. The Bertz CT molecular complexity index is 715. The predicted molar refractivity (Wildman–Crippen MR) is 112 cm³/mol. The van der Waals surface area contributed by atoms with Crippen LogP contribution in [-0.4, -0.2) is 54.6 Å².